The van der Waals surface area contributed by atoms with Gasteiger partial charge in [-0.3, -0.25) is 9.30 Å². The number of anilines is 1. The van der Waals surface area contributed by atoms with Gasteiger partial charge in [-0.25, -0.2) is 18.6 Å². The van der Waals surface area contributed by atoms with Crippen LogP contribution < -0.4 is 9.64 Å². The Balaban J connectivity index is 1.94. The first kappa shape index (κ1) is 19.6. The average Bonchev–Trinajstić information content (AvgIpc) is 3.07. The number of amides is 1. The number of pyridine rings is 1. The first-order valence-corrected chi connectivity index (χ1v) is 8.93. The lowest BCUT2D eigenvalue weighted by Crippen LogP contribution is -2.29. The van der Waals surface area contributed by atoms with Crippen LogP contribution in [0.5, 0.6) is 5.75 Å². The van der Waals surface area contributed by atoms with Gasteiger partial charge in [0.15, 0.2) is 23.0 Å². The van der Waals surface area contributed by atoms with Crippen molar-refractivity contribution in [3.8, 4) is 5.75 Å². The highest BCUT2D eigenvalue weighted by molar-refractivity contribution is 5.87. The van der Waals surface area contributed by atoms with Crippen LogP contribution in [0.3, 0.4) is 0 Å². The van der Waals surface area contributed by atoms with Crippen molar-refractivity contribution >= 4 is 17.6 Å². The molecule has 0 N–H and O–H groups in total. The summed E-state index contributed by atoms with van der Waals surface area (Å²) in [6, 6.07) is 7.11. The molecule has 2 heterocycles. The van der Waals surface area contributed by atoms with Crippen molar-refractivity contribution in [3.63, 3.8) is 0 Å². The topological polar surface area (TPSA) is 56.1 Å². The van der Waals surface area contributed by atoms with Gasteiger partial charge in [-0.2, -0.15) is 0 Å². The monoisotopic (exact) mass is 389 g/mol. The van der Waals surface area contributed by atoms with Crippen LogP contribution in [0.25, 0.3) is 5.65 Å². The largest absolute Gasteiger partial charge is 0.485 e. The molecule has 0 atom stereocenters. The van der Waals surface area contributed by atoms with Crippen molar-refractivity contribution in [2.45, 2.75) is 26.9 Å². The van der Waals surface area contributed by atoms with Crippen molar-refractivity contribution in [1.82, 2.24) is 9.38 Å². The van der Waals surface area contributed by atoms with Gasteiger partial charge in [-0.1, -0.05) is 13.0 Å². The fourth-order valence-electron chi connectivity index (χ4n) is 2.88. The molecule has 28 heavy (non-hydrogen) atoms. The van der Waals surface area contributed by atoms with Crippen molar-refractivity contribution in [2.24, 2.45) is 0 Å². The van der Waals surface area contributed by atoms with E-state index in [4.69, 9.17) is 9.47 Å². The first-order chi connectivity index (χ1) is 13.5. The SMILES string of the molecule is CCOC(=O)N(C)c1c(CC)nc2c(OCc3ccc(F)c(F)c3)cccn12. The Kier molecular flexibility index (Phi) is 5.77. The summed E-state index contributed by atoms with van der Waals surface area (Å²) in [7, 11) is 1.62. The third kappa shape index (κ3) is 3.76. The smallest absolute Gasteiger partial charge is 0.415 e. The molecule has 0 fully saturated rings. The van der Waals surface area contributed by atoms with E-state index in [1.807, 2.05) is 6.92 Å². The average molecular weight is 389 g/mol. The van der Waals surface area contributed by atoms with Crippen molar-refractivity contribution in [3.05, 3.63) is 59.4 Å². The van der Waals surface area contributed by atoms with Gasteiger partial charge in [0, 0.05) is 13.2 Å². The summed E-state index contributed by atoms with van der Waals surface area (Å²) >= 11 is 0. The van der Waals surface area contributed by atoms with Crippen LogP contribution in [0.4, 0.5) is 19.4 Å². The van der Waals surface area contributed by atoms with E-state index in [1.54, 1.807) is 36.7 Å². The number of rotatable bonds is 6. The highest BCUT2D eigenvalue weighted by Crippen LogP contribution is 2.29. The standard InChI is InChI=1S/C20H21F2N3O3/c1-4-16-19(24(3)20(26)27-5-2)25-10-6-7-17(18(25)23-16)28-12-13-8-9-14(21)15(22)11-13/h6-11H,4-5,12H2,1-3H3. The maximum absolute atomic E-state index is 13.4. The molecular formula is C20H21F2N3O3. The van der Waals surface area contributed by atoms with Crippen LogP contribution in [0.1, 0.15) is 25.1 Å². The summed E-state index contributed by atoms with van der Waals surface area (Å²) in [6.07, 6.45) is 1.90. The lowest BCUT2D eigenvalue weighted by atomic mass is 10.2. The number of fused-ring (bicyclic) bond motifs is 1. The minimum absolute atomic E-state index is 0.0498. The molecule has 8 heteroatoms. The first-order valence-electron chi connectivity index (χ1n) is 8.93. The molecule has 0 radical (unpaired) electrons. The summed E-state index contributed by atoms with van der Waals surface area (Å²) in [5, 5.41) is 0. The van der Waals surface area contributed by atoms with Gasteiger partial charge in [0.2, 0.25) is 0 Å². The number of aryl methyl sites for hydroxylation is 1. The Labute approximate surface area is 161 Å². The number of carbonyl (C=O) groups excluding carboxylic acids is 1. The number of imidazole rings is 1. The predicted molar refractivity (Wildman–Crippen MR) is 101 cm³/mol. The van der Waals surface area contributed by atoms with Crippen LogP contribution in [0.2, 0.25) is 0 Å². The highest BCUT2D eigenvalue weighted by atomic mass is 19.2. The van der Waals surface area contributed by atoms with Gasteiger partial charge >= 0.3 is 6.09 Å². The Morgan fingerprint density at radius 3 is 2.68 bits per heavy atom. The zero-order chi connectivity index (χ0) is 20.3. The molecule has 0 bridgehead atoms. The molecule has 6 nitrogen and oxygen atoms in total. The Bertz CT molecular complexity index is 1000. The molecule has 0 saturated heterocycles. The van der Waals surface area contributed by atoms with E-state index in [9.17, 15) is 13.6 Å². The summed E-state index contributed by atoms with van der Waals surface area (Å²) in [5.41, 5.74) is 1.72. The molecule has 0 aliphatic heterocycles. The van der Waals surface area contributed by atoms with E-state index in [0.29, 0.717) is 34.9 Å². The van der Waals surface area contributed by atoms with Crippen LogP contribution in [-0.4, -0.2) is 29.1 Å². The maximum Gasteiger partial charge on any atom is 0.415 e. The van der Waals surface area contributed by atoms with Crippen LogP contribution >= 0.6 is 0 Å². The predicted octanol–water partition coefficient (Wildman–Crippen LogP) is 4.35. The number of benzene rings is 1. The number of aromatic nitrogens is 2. The summed E-state index contributed by atoms with van der Waals surface area (Å²) in [5.74, 6) is -0.773. The van der Waals surface area contributed by atoms with Crippen molar-refractivity contribution < 1.29 is 23.0 Å². The fraction of sp³-hybridized carbons (Fsp3) is 0.300. The second-order valence-electron chi connectivity index (χ2n) is 6.10. The van der Waals surface area contributed by atoms with Gasteiger partial charge in [0.05, 0.1) is 12.3 Å². The minimum Gasteiger partial charge on any atom is -0.485 e. The van der Waals surface area contributed by atoms with E-state index in [-0.39, 0.29) is 13.2 Å². The van der Waals surface area contributed by atoms with E-state index in [0.717, 1.165) is 12.1 Å². The van der Waals surface area contributed by atoms with Crippen LogP contribution in [0.15, 0.2) is 36.5 Å². The van der Waals surface area contributed by atoms with Crippen molar-refractivity contribution in [1.29, 1.82) is 0 Å². The third-order valence-electron chi connectivity index (χ3n) is 4.23. The Morgan fingerprint density at radius 2 is 2.00 bits per heavy atom. The van der Waals surface area contributed by atoms with E-state index >= 15 is 0 Å². The molecule has 3 rings (SSSR count). The molecule has 0 spiro atoms. The lowest BCUT2D eigenvalue weighted by Gasteiger charge is -2.17. The zero-order valence-corrected chi connectivity index (χ0v) is 15.9. The van der Waals surface area contributed by atoms with Gasteiger partial charge in [-0.15, -0.1) is 0 Å². The zero-order valence-electron chi connectivity index (χ0n) is 15.9. The van der Waals surface area contributed by atoms with E-state index in [2.05, 4.69) is 4.98 Å². The normalized spacial score (nSPS) is 10.9. The Morgan fingerprint density at radius 1 is 1.21 bits per heavy atom. The van der Waals surface area contributed by atoms with Gasteiger partial charge in [0.25, 0.3) is 0 Å². The second-order valence-corrected chi connectivity index (χ2v) is 6.10. The number of ether oxygens (including phenoxy) is 2. The molecule has 1 amide bonds. The van der Waals surface area contributed by atoms with Gasteiger partial charge in [-0.05, 0) is 43.2 Å². The third-order valence-corrected chi connectivity index (χ3v) is 4.23. The molecule has 0 aliphatic rings. The second kappa shape index (κ2) is 8.24. The fourth-order valence-corrected chi connectivity index (χ4v) is 2.88. The molecule has 1 aromatic carbocycles. The van der Waals surface area contributed by atoms with E-state index in [1.165, 1.54) is 11.0 Å². The molecule has 2 aromatic heterocycles. The minimum atomic E-state index is -0.924. The number of halogens is 2. The van der Waals surface area contributed by atoms with Gasteiger partial charge < -0.3 is 9.47 Å². The maximum atomic E-state index is 13.4. The lowest BCUT2D eigenvalue weighted by molar-refractivity contribution is 0.161. The number of carbonyl (C=O) groups is 1. The summed E-state index contributed by atoms with van der Waals surface area (Å²) in [6.45, 7) is 4.00. The number of hydrogen-bond donors (Lipinski definition) is 0. The molecule has 0 unspecified atom stereocenters. The Hall–Kier alpha value is -3.16. The molecule has 148 valence electrons. The molecule has 3 aromatic rings. The number of nitrogens with zero attached hydrogens (tertiary/aromatic N) is 3. The van der Waals surface area contributed by atoms with Gasteiger partial charge in [0.1, 0.15) is 12.4 Å². The number of hydrogen-bond acceptors (Lipinski definition) is 4. The van der Waals surface area contributed by atoms with Crippen molar-refractivity contribution in [2.75, 3.05) is 18.6 Å². The van der Waals surface area contributed by atoms with Crippen LogP contribution in [-0.2, 0) is 17.8 Å². The van der Waals surface area contributed by atoms with E-state index < -0.39 is 17.7 Å². The quantitative estimate of drug-likeness (QED) is 0.629. The highest BCUT2D eigenvalue weighted by Gasteiger charge is 2.22. The summed E-state index contributed by atoms with van der Waals surface area (Å²) < 4.78 is 39.1. The molecular weight excluding hydrogens is 368 g/mol. The van der Waals surface area contributed by atoms with Crippen LogP contribution in [0, 0.1) is 11.6 Å². The summed E-state index contributed by atoms with van der Waals surface area (Å²) in [4.78, 5) is 18.2. The molecule has 0 aliphatic carbocycles. The molecule has 0 saturated carbocycles.